The second kappa shape index (κ2) is 10.1. The molecule has 1 atom stereocenters. The molecule has 0 bridgehead atoms. The molecule has 0 saturated carbocycles. The van der Waals surface area contributed by atoms with Gasteiger partial charge in [0.25, 0.3) is 0 Å². The first-order valence-corrected chi connectivity index (χ1v) is 11.1. The average Bonchev–Trinajstić information content (AvgIpc) is 2.95. The number of amides is 3. The largest absolute Gasteiger partial charge is 0.366 e. The Morgan fingerprint density at radius 3 is 2.34 bits per heavy atom. The number of urea groups is 1. The highest BCUT2D eigenvalue weighted by molar-refractivity contribution is 5.92. The molecule has 0 aliphatic carbocycles. The molecule has 0 radical (unpaired) electrons. The van der Waals surface area contributed by atoms with Gasteiger partial charge in [0, 0.05) is 30.7 Å². The minimum atomic E-state index is -0.383. The van der Waals surface area contributed by atoms with E-state index < -0.39 is 0 Å². The number of benzene rings is 1. The van der Waals surface area contributed by atoms with Gasteiger partial charge in [-0.1, -0.05) is 25.0 Å². The van der Waals surface area contributed by atoms with Crippen molar-refractivity contribution in [3.05, 3.63) is 35.4 Å². The van der Waals surface area contributed by atoms with Crippen molar-refractivity contribution < 1.29 is 9.59 Å². The minimum absolute atomic E-state index is 0.115. The van der Waals surface area contributed by atoms with Crippen molar-refractivity contribution in [3.8, 4) is 0 Å². The van der Waals surface area contributed by atoms with E-state index in [1.807, 2.05) is 26.0 Å². The van der Waals surface area contributed by atoms with Crippen LogP contribution in [0.2, 0.25) is 0 Å². The van der Waals surface area contributed by atoms with Gasteiger partial charge in [0.1, 0.15) is 0 Å². The van der Waals surface area contributed by atoms with Crippen LogP contribution in [-0.2, 0) is 6.54 Å². The molecule has 29 heavy (non-hydrogen) atoms. The van der Waals surface area contributed by atoms with Gasteiger partial charge in [-0.2, -0.15) is 0 Å². The predicted molar refractivity (Wildman–Crippen MR) is 116 cm³/mol. The zero-order chi connectivity index (χ0) is 20.8. The molecule has 0 spiro atoms. The lowest BCUT2D eigenvalue weighted by atomic mass is 9.86. The second-order valence-electron chi connectivity index (χ2n) is 8.89. The van der Waals surface area contributed by atoms with Crippen molar-refractivity contribution in [3.63, 3.8) is 0 Å². The number of hydrogen-bond donors (Lipinski definition) is 2. The molecule has 6 heteroatoms. The molecule has 1 aromatic carbocycles. The van der Waals surface area contributed by atoms with Gasteiger partial charge < -0.3 is 16.0 Å². The molecule has 0 unspecified atom stereocenters. The van der Waals surface area contributed by atoms with Crippen LogP contribution >= 0.6 is 0 Å². The molecule has 3 rings (SSSR count). The number of carbonyl (C=O) groups is 2. The van der Waals surface area contributed by atoms with Gasteiger partial charge >= 0.3 is 6.03 Å². The minimum Gasteiger partial charge on any atom is -0.366 e. The number of nitrogens with zero attached hydrogens (tertiary/aromatic N) is 2. The molecule has 2 heterocycles. The molecule has 2 saturated heterocycles. The van der Waals surface area contributed by atoms with E-state index in [0.29, 0.717) is 17.5 Å². The predicted octanol–water partition coefficient (Wildman–Crippen LogP) is 3.36. The van der Waals surface area contributed by atoms with Gasteiger partial charge in [-0.05, 0) is 76.2 Å². The molecular formula is C23H36N4O2. The first kappa shape index (κ1) is 21.6. The average molecular weight is 401 g/mol. The molecule has 160 valence electrons. The molecular weight excluding hydrogens is 364 g/mol. The van der Waals surface area contributed by atoms with Crippen LogP contribution < -0.4 is 11.1 Å². The molecule has 3 N–H and O–H groups in total. The fraction of sp³-hybridized carbons (Fsp3) is 0.652. The van der Waals surface area contributed by atoms with Crippen LogP contribution in [-0.4, -0.2) is 53.5 Å². The summed E-state index contributed by atoms with van der Waals surface area (Å²) in [6, 6.07) is 8.26. The number of likely N-dealkylation sites (tertiary alicyclic amines) is 2. The molecule has 2 aliphatic rings. The van der Waals surface area contributed by atoms with Gasteiger partial charge in [0.05, 0.1) is 0 Å². The van der Waals surface area contributed by atoms with Gasteiger partial charge in [-0.15, -0.1) is 0 Å². The number of primary amides is 1. The second-order valence-corrected chi connectivity index (χ2v) is 8.89. The molecule has 2 fully saturated rings. The third kappa shape index (κ3) is 5.95. The summed E-state index contributed by atoms with van der Waals surface area (Å²) in [4.78, 5) is 28.6. The van der Waals surface area contributed by atoms with E-state index in [9.17, 15) is 9.59 Å². The van der Waals surface area contributed by atoms with Crippen LogP contribution in [0.15, 0.2) is 24.3 Å². The van der Waals surface area contributed by atoms with Crippen LogP contribution in [0, 0.1) is 5.92 Å². The van der Waals surface area contributed by atoms with E-state index in [2.05, 4.69) is 15.1 Å². The van der Waals surface area contributed by atoms with Gasteiger partial charge in [0.15, 0.2) is 0 Å². The first-order chi connectivity index (χ1) is 13.9. The maximum absolute atomic E-state index is 12.8. The monoisotopic (exact) mass is 400 g/mol. The van der Waals surface area contributed by atoms with Crippen LogP contribution in [0.1, 0.15) is 68.3 Å². The van der Waals surface area contributed by atoms with E-state index in [1.54, 1.807) is 12.1 Å². The summed E-state index contributed by atoms with van der Waals surface area (Å²) in [6.45, 7) is 7.94. The van der Waals surface area contributed by atoms with Crippen LogP contribution in [0.4, 0.5) is 4.79 Å². The Balaban J connectivity index is 1.56. The SMILES string of the molecule is CC(C)NC(=O)N1CCCCC[C@@H]1C1CCN(Cc2ccc(C(N)=O)cc2)CC1. The topological polar surface area (TPSA) is 78.7 Å². The van der Waals surface area contributed by atoms with E-state index in [0.717, 1.165) is 51.9 Å². The summed E-state index contributed by atoms with van der Waals surface area (Å²) in [5, 5.41) is 3.11. The van der Waals surface area contributed by atoms with E-state index in [-0.39, 0.29) is 18.0 Å². The van der Waals surface area contributed by atoms with Crippen LogP contribution in [0.25, 0.3) is 0 Å². The lowest BCUT2D eigenvalue weighted by molar-refractivity contribution is 0.0974. The normalized spacial score (nSPS) is 21.8. The van der Waals surface area contributed by atoms with Gasteiger partial charge in [0.2, 0.25) is 5.91 Å². The van der Waals surface area contributed by atoms with Gasteiger partial charge in [-0.3, -0.25) is 9.69 Å². The summed E-state index contributed by atoms with van der Waals surface area (Å²) in [6.07, 6.45) is 6.96. The van der Waals surface area contributed by atoms with Crippen molar-refractivity contribution in [1.29, 1.82) is 0 Å². The Hall–Kier alpha value is -2.08. The standard InChI is InChI=1S/C23H36N4O2/c1-17(2)25-23(29)27-13-5-3-4-6-21(27)19-11-14-26(15-12-19)16-18-7-9-20(10-8-18)22(24)28/h7-10,17,19,21H,3-6,11-16H2,1-2H3,(H2,24,28)(H,25,29)/t21-/m1/s1. The lowest BCUT2D eigenvalue weighted by Gasteiger charge is -2.41. The Labute approximate surface area is 174 Å². The highest BCUT2D eigenvalue weighted by Crippen LogP contribution is 2.30. The maximum Gasteiger partial charge on any atom is 0.317 e. The summed E-state index contributed by atoms with van der Waals surface area (Å²) < 4.78 is 0. The van der Waals surface area contributed by atoms with Crippen molar-refractivity contribution in [2.45, 2.75) is 71.0 Å². The zero-order valence-corrected chi connectivity index (χ0v) is 17.9. The number of nitrogens with two attached hydrogens (primary N) is 1. The van der Waals surface area contributed by atoms with E-state index >= 15 is 0 Å². The molecule has 1 aromatic rings. The van der Waals surface area contributed by atoms with E-state index in [4.69, 9.17) is 5.73 Å². The third-order valence-electron chi connectivity index (χ3n) is 6.29. The smallest absolute Gasteiger partial charge is 0.317 e. The van der Waals surface area contributed by atoms with Crippen molar-refractivity contribution in [2.75, 3.05) is 19.6 Å². The Morgan fingerprint density at radius 1 is 1.03 bits per heavy atom. The first-order valence-electron chi connectivity index (χ1n) is 11.1. The van der Waals surface area contributed by atoms with Crippen LogP contribution in [0.3, 0.4) is 0 Å². The summed E-state index contributed by atoms with van der Waals surface area (Å²) in [5.74, 6) is 0.200. The zero-order valence-electron chi connectivity index (χ0n) is 17.9. The fourth-order valence-electron chi connectivity index (χ4n) is 4.73. The van der Waals surface area contributed by atoms with Gasteiger partial charge in [-0.25, -0.2) is 4.79 Å². The Morgan fingerprint density at radius 2 is 1.72 bits per heavy atom. The van der Waals surface area contributed by atoms with Crippen molar-refractivity contribution in [1.82, 2.24) is 15.1 Å². The number of rotatable bonds is 5. The highest BCUT2D eigenvalue weighted by atomic mass is 16.2. The quantitative estimate of drug-likeness (QED) is 0.795. The molecule has 3 amide bonds. The van der Waals surface area contributed by atoms with Crippen molar-refractivity contribution in [2.24, 2.45) is 11.7 Å². The molecule has 2 aliphatic heterocycles. The Kier molecular flexibility index (Phi) is 7.53. The number of carbonyl (C=O) groups excluding carboxylic acids is 2. The fourth-order valence-corrected chi connectivity index (χ4v) is 4.73. The maximum atomic E-state index is 12.8. The van der Waals surface area contributed by atoms with Crippen molar-refractivity contribution >= 4 is 11.9 Å². The summed E-state index contributed by atoms with van der Waals surface area (Å²) in [7, 11) is 0. The molecule has 6 nitrogen and oxygen atoms in total. The number of nitrogens with one attached hydrogen (secondary N) is 1. The number of hydrogen-bond acceptors (Lipinski definition) is 3. The number of piperidine rings is 1. The third-order valence-corrected chi connectivity index (χ3v) is 6.29. The van der Waals surface area contributed by atoms with Crippen LogP contribution in [0.5, 0.6) is 0 Å². The summed E-state index contributed by atoms with van der Waals surface area (Å²) in [5.41, 5.74) is 7.09. The summed E-state index contributed by atoms with van der Waals surface area (Å²) >= 11 is 0. The molecule has 0 aromatic heterocycles. The van der Waals surface area contributed by atoms with E-state index in [1.165, 1.54) is 18.4 Å². The lowest BCUT2D eigenvalue weighted by Crippen LogP contribution is -2.52. The Bertz CT molecular complexity index is 681. The highest BCUT2D eigenvalue weighted by Gasteiger charge is 2.34.